The van der Waals surface area contributed by atoms with E-state index in [9.17, 15) is 0 Å². The summed E-state index contributed by atoms with van der Waals surface area (Å²) < 4.78 is 7.73. The van der Waals surface area contributed by atoms with Gasteiger partial charge in [-0.3, -0.25) is 4.68 Å². The molecule has 0 radical (unpaired) electrons. The van der Waals surface area contributed by atoms with E-state index in [4.69, 9.17) is 14.9 Å². The number of nitrogens with one attached hydrogen (secondary N) is 1. The highest BCUT2D eigenvalue weighted by Crippen LogP contribution is 2.37. The van der Waals surface area contributed by atoms with Crippen molar-refractivity contribution in [3.63, 3.8) is 0 Å². The number of aromatic nitrogens is 2. The van der Waals surface area contributed by atoms with Crippen LogP contribution in [-0.2, 0) is 30.7 Å². The molecule has 0 bridgehead atoms. The Labute approximate surface area is 126 Å². The molecule has 118 valence electrons. The van der Waals surface area contributed by atoms with Crippen molar-refractivity contribution >= 4 is 0 Å². The van der Waals surface area contributed by atoms with Crippen molar-refractivity contribution in [3.8, 4) is 0 Å². The number of rotatable bonds is 4. The molecular weight excluding hydrogens is 266 g/mol. The second-order valence-electron chi connectivity index (χ2n) is 6.42. The predicted molar refractivity (Wildman–Crippen MR) is 81.2 cm³/mol. The van der Waals surface area contributed by atoms with Crippen molar-refractivity contribution in [2.24, 2.45) is 5.41 Å². The SMILES string of the molecule is CCc1nn(CCCO)c2c1CNCC1(CCOCC1)C2. The van der Waals surface area contributed by atoms with Crippen LogP contribution in [0.15, 0.2) is 0 Å². The van der Waals surface area contributed by atoms with Crippen molar-refractivity contribution in [2.75, 3.05) is 26.4 Å². The third-order valence-electron chi connectivity index (χ3n) is 5.01. The molecule has 0 unspecified atom stereocenters. The molecular formula is C16H27N3O2. The summed E-state index contributed by atoms with van der Waals surface area (Å²) in [6, 6.07) is 0. The monoisotopic (exact) mass is 293 g/mol. The lowest BCUT2D eigenvalue weighted by Gasteiger charge is -2.36. The first kappa shape index (κ1) is 15.0. The highest BCUT2D eigenvalue weighted by molar-refractivity contribution is 5.29. The Kier molecular flexibility index (Phi) is 4.62. The molecule has 5 nitrogen and oxygen atoms in total. The summed E-state index contributed by atoms with van der Waals surface area (Å²) in [5.74, 6) is 0. The van der Waals surface area contributed by atoms with Crippen molar-refractivity contribution < 1.29 is 9.84 Å². The third-order valence-corrected chi connectivity index (χ3v) is 5.01. The van der Waals surface area contributed by atoms with Gasteiger partial charge in [-0.05, 0) is 37.5 Å². The zero-order chi connectivity index (χ0) is 14.7. The van der Waals surface area contributed by atoms with Crippen LogP contribution in [0.1, 0.15) is 43.1 Å². The Morgan fingerprint density at radius 2 is 2.19 bits per heavy atom. The molecule has 0 saturated carbocycles. The minimum Gasteiger partial charge on any atom is -0.396 e. The first-order valence-electron chi connectivity index (χ1n) is 8.25. The standard InChI is InChI=1S/C16H27N3O2/c1-2-14-13-11-17-12-16(4-8-21-9-5-16)10-15(13)19(18-14)6-3-7-20/h17,20H,2-12H2,1H3. The Morgan fingerprint density at radius 1 is 1.38 bits per heavy atom. The van der Waals surface area contributed by atoms with Crippen LogP contribution in [0.25, 0.3) is 0 Å². The largest absolute Gasteiger partial charge is 0.396 e. The van der Waals surface area contributed by atoms with Gasteiger partial charge in [0.25, 0.3) is 0 Å². The van der Waals surface area contributed by atoms with Crippen molar-refractivity contribution in [1.82, 2.24) is 15.1 Å². The highest BCUT2D eigenvalue weighted by Gasteiger charge is 2.37. The summed E-state index contributed by atoms with van der Waals surface area (Å²) in [7, 11) is 0. The summed E-state index contributed by atoms with van der Waals surface area (Å²) in [6.07, 6.45) is 5.11. The molecule has 0 atom stereocenters. The summed E-state index contributed by atoms with van der Waals surface area (Å²) in [5, 5.41) is 17.6. The molecule has 2 aliphatic rings. The Morgan fingerprint density at radius 3 is 2.90 bits per heavy atom. The summed E-state index contributed by atoms with van der Waals surface area (Å²) >= 11 is 0. The van der Waals surface area contributed by atoms with E-state index >= 15 is 0 Å². The second-order valence-corrected chi connectivity index (χ2v) is 6.42. The molecule has 1 fully saturated rings. The minimum absolute atomic E-state index is 0.229. The van der Waals surface area contributed by atoms with Gasteiger partial charge in [-0.1, -0.05) is 6.92 Å². The fraction of sp³-hybridized carbons (Fsp3) is 0.812. The smallest absolute Gasteiger partial charge is 0.0669 e. The van der Waals surface area contributed by atoms with Crippen LogP contribution >= 0.6 is 0 Å². The van der Waals surface area contributed by atoms with Gasteiger partial charge in [0.2, 0.25) is 0 Å². The van der Waals surface area contributed by atoms with Gasteiger partial charge >= 0.3 is 0 Å². The number of nitrogens with zero attached hydrogens (tertiary/aromatic N) is 2. The van der Waals surface area contributed by atoms with Crippen molar-refractivity contribution in [3.05, 3.63) is 17.0 Å². The van der Waals surface area contributed by atoms with Crippen LogP contribution in [0.5, 0.6) is 0 Å². The van der Waals surface area contributed by atoms with E-state index in [0.717, 1.165) is 65.0 Å². The van der Waals surface area contributed by atoms with E-state index in [-0.39, 0.29) is 6.61 Å². The molecule has 1 aromatic rings. The van der Waals surface area contributed by atoms with Gasteiger partial charge in [-0.25, -0.2) is 0 Å². The molecule has 1 spiro atoms. The minimum atomic E-state index is 0.229. The number of ether oxygens (including phenoxy) is 1. The number of hydrogen-bond acceptors (Lipinski definition) is 4. The maximum absolute atomic E-state index is 9.12. The van der Waals surface area contributed by atoms with Crippen LogP contribution in [0.2, 0.25) is 0 Å². The Bertz CT molecular complexity index is 478. The molecule has 0 aromatic carbocycles. The maximum atomic E-state index is 9.12. The van der Waals surface area contributed by atoms with Crippen LogP contribution < -0.4 is 5.32 Å². The summed E-state index contributed by atoms with van der Waals surface area (Å²) in [5.41, 5.74) is 4.34. The molecule has 0 aliphatic carbocycles. The Hall–Kier alpha value is -0.910. The average molecular weight is 293 g/mol. The number of aryl methyl sites for hydroxylation is 2. The van der Waals surface area contributed by atoms with E-state index < -0.39 is 0 Å². The number of hydrogen-bond donors (Lipinski definition) is 2. The average Bonchev–Trinajstić information content (AvgIpc) is 2.72. The predicted octanol–water partition coefficient (Wildman–Crippen LogP) is 1.27. The van der Waals surface area contributed by atoms with Crippen molar-refractivity contribution in [2.45, 2.75) is 52.1 Å². The van der Waals surface area contributed by atoms with Gasteiger partial charge in [0.15, 0.2) is 0 Å². The van der Waals surface area contributed by atoms with E-state index in [1.807, 2.05) is 0 Å². The molecule has 1 saturated heterocycles. The van der Waals surface area contributed by atoms with Crippen LogP contribution in [0.3, 0.4) is 0 Å². The van der Waals surface area contributed by atoms with E-state index in [0.29, 0.717) is 5.41 Å². The molecule has 0 amide bonds. The molecule has 1 aromatic heterocycles. The summed E-state index contributed by atoms with van der Waals surface area (Å²) in [6.45, 7) is 6.99. The molecule has 3 heterocycles. The van der Waals surface area contributed by atoms with E-state index in [2.05, 4.69) is 16.9 Å². The lowest BCUT2D eigenvalue weighted by molar-refractivity contribution is 0.0152. The van der Waals surface area contributed by atoms with Gasteiger partial charge in [0.1, 0.15) is 0 Å². The van der Waals surface area contributed by atoms with E-state index in [1.54, 1.807) is 0 Å². The zero-order valence-electron chi connectivity index (χ0n) is 13.0. The quantitative estimate of drug-likeness (QED) is 0.878. The van der Waals surface area contributed by atoms with Gasteiger partial charge in [0.05, 0.1) is 5.69 Å². The normalized spacial score (nSPS) is 21.2. The first-order chi connectivity index (χ1) is 10.3. The Balaban J connectivity index is 1.91. The van der Waals surface area contributed by atoms with Crippen LogP contribution in [-0.4, -0.2) is 41.3 Å². The fourth-order valence-electron chi connectivity index (χ4n) is 3.71. The van der Waals surface area contributed by atoms with E-state index in [1.165, 1.54) is 17.0 Å². The lowest BCUT2D eigenvalue weighted by atomic mass is 9.76. The van der Waals surface area contributed by atoms with Crippen molar-refractivity contribution in [1.29, 1.82) is 0 Å². The third kappa shape index (κ3) is 3.00. The molecule has 21 heavy (non-hydrogen) atoms. The number of fused-ring (bicyclic) bond motifs is 1. The molecule has 2 aliphatic heterocycles. The molecule has 2 N–H and O–H groups in total. The van der Waals surface area contributed by atoms with Gasteiger partial charge in [0, 0.05) is 50.7 Å². The first-order valence-corrected chi connectivity index (χ1v) is 8.25. The van der Waals surface area contributed by atoms with Gasteiger partial charge < -0.3 is 15.2 Å². The topological polar surface area (TPSA) is 59.3 Å². The van der Waals surface area contributed by atoms with Crippen LogP contribution in [0.4, 0.5) is 0 Å². The van der Waals surface area contributed by atoms with Gasteiger partial charge in [-0.15, -0.1) is 0 Å². The summed E-state index contributed by atoms with van der Waals surface area (Å²) in [4.78, 5) is 0. The zero-order valence-corrected chi connectivity index (χ0v) is 13.0. The fourth-order valence-corrected chi connectivity index (χ4v) is 3.71. The van der Waals surface area contributed by atoms with Crippen LogP contribution in [0, 0.1) is 5.41 Å². The van der Waals surface area contributed by atoms with Gasteiger partial charge in [-0.2, -0.15) is 5.10 Å². The second kappa shape index (κ2) is 6.46. The molecule has 5 heteroatoms. The highest BCUT2D eigenvalue weighted by atomic mass is 16.5. The molecule has 3 rings (SSSR count). The lowest BCUT2D eigenvalue weighted by Crippen LogP contribution is -2.39. The maximum Gasteiger partial charge on any atom is 0.0669 e. The number of aliphatic hydroxyl groups is 1. The number of aliphatic hydroxyl groups excluding tert-OH is 1.